The van der Waals surface area contributed by atoms with Gasteiger partial charge in [-0.2, -0.15) is 0 Å². The van der Waals surface area contributed by atoms with Gasteiger partial charge in [-0.15, -0.1) is 11.3 Å². The number of ether oxygens (including phenoxy) is 1. The smallest absolute Gasteiger partial charge is 0.350 e. The monoisotopic (exact) mass is 399 g/mol. The highest BCUT2D eigenvalue weighted by Gasteiger charge is 2.26. The summed E-state index contributed by atoms with van der Waals surface area (Å²) in [5.41, 5.74) is 0. The van der Waals surface area contributed by atoms with Gasteiger partial charge in [0.15, 0.2) is 6.61 Å². The lowest BCUT2D eigenvalue weighted by atomic mass is 9.92. The van der Waals surface area contributed by atoms with Gasteiger partial charge in [-0.1, -0.05) is 43.1 Å². The summed E-state index contributed by atoms with van der Waals surface area (Å²) in [5.74, 6) is 0.191. The van der Waals surface area contributed by atoms with E-state index in [9.17, 15) is 9.59 Å². The van der Waals surface area contributed by atoms with Crippen molar-refractivity contribution < 1.29 is 14.3 Å². The number of piperidine rings is 1. The Hall–Kier alpha value is -1.30. The topological polar surface area (TPSA) is 46.6 Å². The molecule has 1 aliphatic heterocycles. The third-order valence-corrected chi connectivity index (χ3v) is 6.20. The Kier molecular flexibility index (Phi) is 5.56. The Balaban J connectivity index is 1.66. The summed E-state index contributed by atoms with van der Waals surface area (Å²) in [5, 5.41) is 1.68. The fourth-order valence-corrected chi connectivity index (χ4v) is 5.00. The van der Waals surface area contributed by atoms with Crippen LogP contribution >= 0.6 is 34.5 Å². The summed E-state index contributed by atoms with van der Waals surface area (Å²) in [6.07, 6.45) is 1.11. The van der Waals surface area contributed by atoms with E-state index in [2.05, 4.69) is 13.8 Å². The molecule has 2 heterocycles. The molecule has 1 saturated heterocycles. The van der Waals surface area contributed by atoms with Gasteiger partial charge in [-0.3, -0.25) is 4.79 Å². The van der Waals surface area contributed by atoms with Crippen molar-refractivity contribution in [2.24, 2.45) is 11.8 Å². The molecule has 1 aliphatic rings. The van der Waals surface area contributed by atoms with Crippen LogP contribution in [0.3, 0.4) is 0 Å². The second-order valence-corrected chi connectivity index (χ2v) is 8.57. The summed E-state index contributed by atoms with van der Waals surface area (Å²) < 4.78 is 6.03. The van der Waals surface area contributed by atoms with E-state index in [1.165, 1.54) is 11.3 Å². The van der Waals surface area contributed by atoms with E-state index in [4.69, 9.17) is 27.9 Å². The minimum absolute atomic E-state index is 0.160. The molecule has 4 nitrogen and oxygen atoms in total. The molecule has 7 heteroatoms. The van der Waals surface area contributed by atoms with Crippen molar-refractivity contribution in [3.63, 3.8) is 0 Å². The van der Waals surface area contributed by atoms with Crippen molar-refractivity contribution in [1.82, 2.24) is 4.90 Å². The number of amides is 1. The minimum atomic E-state index is -0.575. The molecule has 1 aromatic heterocycles. The van der Waals surface area contributed by atoms with Gasteiger partial charge >= 0.3 is 5.97 Å². The van der Waals surface area contributed by atoms with Gasteiger partial charge in [0.1, 0.15) is 4.88 Å². The Morgan fingerprint density at radius 1 is 1.24 bits per heavy atom. The first kappa shape index (κ1) is 18.5. The number of esters is 1. The van der Waals surface area contributed by atoms with Crippen LogP contribution in [0, 0.1) is 11.8 Å². The van der Waals surface area contributed by atoms with Crippen LogP contribution < -0.4 is 0 Å². The number of fused-ring (bicyclic) bond motifs is 1. The van der Waals surface area contributed by atoms with Gasteiger partial charge in [0.2, 0.25) is 0 Å². The van der Waals surface area contributed by atoms with E-state index >= 15 is 0 Å². The van der Waals surface area contributed by atoms with Crippen molar-refractivity contribution in [2.75, 3.05) is 19.7 Å². The zero-order valence-corrected chi connectivity index (χ0v) is 16.4. The van der Waals surface area contributed by atoms with Crippen molar-refractivity contribution in [2.45, 2.75) is 20.3 Å². The molecule has 0 saturated carbocycles. The molecule has 0 N–H and O–H groups in total. The van der Waals surface area contributed by atoms with Crippen LogP contribution in [0.15, 0.2) is 18.2 Å². The maximum absolute atomic E-state index is 12.3. The van der Waals surface area contributed by atoms with E-state index < -0.39 is 5.97 Å². The minimum Gasteiger partial charge on any atom is -0.451 e. The van der Waals surface area contributed by atoms with Crippen LogP contribution in [0.4, 0.5) is 0 Å². The molecule has 0 unspecified atom stereocenters. The molecule has 2 aromatic rings. The summed E-state index contributed by atoms with van der Waals surface area (Å²) >= 11 is 13.5. The SMILES string of the molecule is C[C@H]1C[C@H](C)CN(C(=O)COC(=O)c2sc3cc(Cl)ccc3c2Cl)C1. The molecule has 25 heavy (non-hydrogen) atoms. The molecule has 0 radical (unpaired) electrons. The lowest BCUT2D eigenvalue weighted by Crippen LogP contribution is -2.44. The largest absolute Gasteiger partial charge is 0.451 e. The highest BCUT2D eigenvalue weighted by Crippen LogP contribution is 2.37. The number of nitrogens with zero attached hydrogens (tertiary/aromatic N) is 1. The van der Waals surface area contributed by atoms with Gasteiger partial charge in [-0.05, 0) is 30.4 Å². The number of hydrogen-bond donors (Lipinski definition) is 0. The molecular formula is C18H19Cl2NO3S. The van der Waals surface area contributed by atoms with Gasteiger partial charge in [-0.25, -0.2) is 4.79 Å². The van der Waals surface area contributed by atoms with Gasteiger partial charge in [0.25, 0.3) is 5.91 Å². The summed E-state index contributed by atoms with van der Waals surface area (Å²) in [6.45, 7) is 5.42. The van der Waals surface area contributed by atoms with Crippen molar-refractivity contribution in [1.29, 1.82) is 0 Å². The lowest BCUT2D eigenvalue weighted by molar-refractivity contribution is -0.137. The Bertz CT molecular complexity index is 810. The van der Waals surface area contributed by atoms with Gasteiger partial charge < -0.3 is 9.64 Å². The standard InChI is InChI=1S/C18H19Cl2NO3S/c1-10-5-11(2)8-21(7-10)15(22)9-24-18(23)17-16(20)13-4-3-12(19)6-14(13)25-17/h3-4,6,10-11H,5,7-9H2,1-2H3/t10-,11-/m0/s1. The van der Waals surface area contributed by atoms with Gasteiger partial charge in [0.05, 0.1) is 5.02 Å². The number of rotatable bonds is 3. The first-order valence-corrected chi connectivity index (χ1v) is 9.75. The molecule has 0 spiro atoms. The number of hydrogen-bond acceptors (Lipinski definition) is 4. The number of carbonyl (C=O) groups excluding carboxylic acids is 2. The number of halogens is 2. The third kappa shape index (κ3) is 4.10. The fourth-order valence-electron chi connectivity index (χ4n) is 3.32. The molecule has 3 rings (SSSR count). The molecule has 0 bridgehead atoms. The number of carbonyl (C=O) groups is 2. The first-order valence-electron chi connectivity index (χ1n) is 8.17. The molecule has 1 amide bonds. The number of likely N-dealkylation sites (tertiary alicyclic amines) is 1. The van der Waals surface area contributed by atoms with Crippen LogP contribution in [0.1, 0.15) is 29.9 Å². The normalized spacial score (nSPS) is 20.7. The van der Waals surface area contributed by atoms with Gasteiger partial charge in [0, 0.05) is 28.2 Å². The number of thiophene rings is 1. The average Bonchev–Trinajstić information content (AvgIpc) is 2.87. The maximum Gasteiger partial charge on any atom is 0.350 e. The molecule has 134 valence electrons. The van der Waals surface area contributed by atoms with E-state index in [1.807, 2.05) is 0 Å². The zero-order valence-electron chi connectivity index (χ0n) is 14.1. The quantitative estimate of drug-likeness (QED) is 0.691. The van der Waals surface area contributed by atoms with Crippen molar-refractivity contribution >= 4 is 56.5 Å². The van der Waals surface area contributed by atoms with E-state index in [-0.39, 0.29) is 12.5 Å². The Morgan fingerprint density at radius 2 is 1.92 bits per heavy atom. The van der Waals surface area contributed by atoms with E-state index in [1.54, 1.807) is 23.1 Å². The molecular weight excluding hydrogens is 381 g/mol. The second-order valence-electron chi connectivity index (χ2n) is 6.71. The van der Waals surface area contributed by atoms with Crippen molar-refractivity contribution in [3.05, 3.63) is 33.1 Å². The predicted molar refractivity (Wildman–Crippen MR) is 102 cm³/mol. The van der Waals surface area contributed by atoms with E-state index in [0.29, 0.717) is 39.8 Å². The summed E-state index contributed by atoms with van der Waals surface area (Å²) in [7, 11) is 0. The highest BCUT2D eigenvalue weighted by atomic mass is 35.5. The van der Waals surface area contributed by atoms with Crippen LogP contribution in [0.5, 0.6) is 0 Å². The van der Waals surface area contributed by atoms with Crippen LogP contribution in [0.2, 0.25) is 10.0 Å². The molecule has 1 fully saturated rings. The highest BCUT2D eigenvalue weighted by molar-refractivity contribution is 7.21. The summed E-state index contributed by atoms with van der Waals surface area (Å²) in [6, 6.07) is 5.25. The molecule has 2 atom stereocenters. The lowest BCUT2D eigenvalue weighted by Gasteiger charge is -2.34. The van der Waals surface area contributed by atoms with Crippen LogP contribution in [-0.4, -0.2) is 36.5 Å². The zero-order chi connectivity index (χ0) is 18.1. The average molecular weight is 400 g/mol. The van der Waals surface area contributed by atoms with E-state index in [0.717, 1.165) is 16.5 Å². The predicted octanol–water partition coefficient (Wildman–Crippen LogP) is 4.87. The Morgan fingerprint density at radius 3 is 2.60 bits per heavy atom. The molecule has 1 aromatic carbocycles. The first-order chi connectivity index (χ1) is 11.8. The van der Waals surface area contributed by atoms with Crippen LogP contribution in [-0.2, 0) is 9.53 Å². The summed E-state index contributed by atoms with van der Waals surface area (Å²) in [4.78, 5) is 26.7. The number of benzene rings is 1. The fraction of sp³-hybridized carbons (Fsp3) is 0.444. The van der Waals surface area contributed by atoms with Crippen molar-refractivity contribution in [3.8, 4) is 0 Å². The van der Waals surface area contributed by atoms with Crippen LogP contribution in [0.25, 0.3) is 10.1 Å². The molecule has 0 aliphatic carbocycles. The second kappa shape index (κ2) is 7.52. The maximum atomic E-state index is 12.3. The Labute approximate surface area is 160 Å². The third-order valence-electron chi connectivity index (χ3n) is 4.33.